The van der Waals surface area contributed by atoms with Gasteiger partial charge in [-0.05, 0) is 139 Å². The molecule has 0 spiro atoms. The number of aliphatic hydroxyl groups excluding tert-OH is 2. The van der Waals surface area contributed by atoms with Crippen LogP contribution in [0.1, 0.15) is 150 Å². The van der Waals surface area contributed by atoms with Crippen LogP contribution < -0.4 is 4.89 Å². The van der Waals surface area contributed by atoms with E-state index in [1.54, 1.807) is 6.26 Å². The first-order valence-electron chi connectivity index (χ1n) is 30.5. The summed E-state index contributed by atoms with van der Waals surface area (Å²) in [4.78, 5) is 12.6. The van der Waals surface area contributed by atoms with Crippen LogP contribution in [0.15, 0.2) is 0 Å². The molecule has 0 amide bonds. The van der Waals surface area contributed by atoms with Crippen LogP contribution >= 0.6 is 32.7 Å². The summed E-state index contributed by atoms with van der Waals surface area (Å²) in [6.45, 7) is 21.0. The molecule has 6 heterocycles. The average Bonchev–Trinajstić information content (AvgIpc) is 1.98. The standard InChI is InChI=1S/C17H31B2O7PS.C16H29B2O7PS.2C8H15BO3.C3H9O4P.C2H6.2CH4/c1-10(2)21-8-14-13(7-17(19)24-14)26-27(20,28-5)22-9-15-12(23-11(3)4)6-16(18)25-15;1-9(2)20-7-13-12(6-16(18)23-13)25-26(19,27)21-8-14-11(22-10(3)4)5-15(17)24-14;1-5(2)11-4-7-6(10)3-8(9)12-7;1-5(2)11-6-3-8(9)12-7(6)4-10;1-5-8(4,6-2)7-3;1-2;;/h10-17H,6-9H2,1-5H3;9-16H,5-8H2,1-4H3,(H,19,27);2*5-8,10H,3-4H2,1-2H3;1-3H3;1-2H3;2*1H4/p-1/t12-,13-,14-,15-,16-,17-,27?;11-,12-,13-,14-,15-,16-,26?;2*6-,7-,8-;;;;/m1111..../s1. The molecule has 6 aliphatic rings. The van der Waals surface area contributed by atoms with Crippen LogP contribution in [-0.4, -0.2) is 270 Å². The summed E-state index contributed by atoms with van der Waals surface area (Å²) in [5.74, 6) is 0. The molecule has 0 aromatic heterocycles. The van der Waals surface area contributed by atoms with E-state index in [1.807, 2.05) is 96.9 Å². The maximum absolute atomic E-state index is 13.1. The fraction of sp³-hybridized carbons (Fsp3) is 1.00. The molecule has 91 heavy (non-hydrogen) atoms. The van der Waals surface area contributed by atoms with E-state index in [-0.39, 0.29) is 120 Å². The van der Waals surface area contributed by atoms with Crippen LogP contribution in [0.4, 0.5) is 0 Å². The summed E-state index contributed by atoms with van der Waals surface area (Å²) in [6, 6.07) is -2.50. The van der Waals surface area contributed by atoms with Crippen molar-refractivity contribution in [2.24, 2.45) is 0 Å². The lowest BCUT2D eigenvalue weighted by molar-refractivity contribution is -0.216. The number of phosphoric ester groups is 1. The van der Waals surface area contributed by atoms with Gasteiger partial charge in [0.2, 0.25) is 0 Å². The second-order valence-corrected chi connectivity index (χ2v) is 31.6. The topological polar surface area (TPSA) is 273 Å². The molecule has 0 aromatic carbocycles. The monoisotopic (exact) mass is 1390 g/mol. The summed E-state index contributed by atoms with van der Waals surface area (Å²) < 4.78 is 126. The molecule has 12 radical (unpaired) electrons. The van der Waals surface area contributed by atoms with Gasteiger partial charge in [-0.2, -0.15) is 0 Å². The average molecular weight is 1390 g/mol. The minimum Gasteiger partial charge on any atom is -0.780 e. The van der Waals surface area contributed by atoms with Crippen molar-refractivity contribution >= 4 is 91.6 Å². The highest BCUT2D eigenvalue weighted by atomic mass is 32.7. The van der Waals surface area contributed by atoms with Crippen LogP contribution in [0.5, 0.6) is 0 Å². The molecule has 6 aliphatic heterocycles. The zero-order valence-electron chi connectivity index (χ0n) is 55.8. The highest BCUT2D eigenvalue weighted by Gasteiger charge is 2.43. The van der Waals surface area contributed by atoms with E-state index >= 15 is 0 Å². The maximum atomic E-state index is 13.1. The van der Waals surface area contributed by atoms with Crippen molar-refractivity contribution in [1.29, 1.82) is 0 Å². The summed E-state index contributed by atoms with van der Waals surface area (Å²) in [5.41, 5.74) is 0. The van der Waals surface area contributed by atoms with E-state index in [2.05, 4.69) is 13.6 Å². The smallest absolute Gasteiger partial charge is 0.473 e. The molecule has 6 fully saturated rings. The van der Waals surface area contributed by atoms with Crippen molar-refractivity contribution in [1.82, 2.24) is 0 Å². The normalized spacial score (nSPS) is 32.5. The summed E-state index contributed by atoms with van der Waals surface area (Å²) in [7, 11) is 35.1. The lowest BCUT2D eigenvalue weighted by Crippen LogP contribution is -2.33. The van der Waals surface area contributed by atoms with E-state index < -0.39 is 88.1 Å². The predicted octanol–water partition coefficient (Wildman–Crippen LogP) is 6.85. The second kappa shape index (κ2) is 48.7. The number of rotatable bonds is 30. The van der Waals surface area contributed by atoms with Crippen molar-refractivity contribution in [3.8, 4) is 0 Å². The van der Waals surface area contributed by atoms with Gasteiger partial charge in [-0.15, -0.1) is 0 Å². The molecule has 0 aromatic rings. The molecule has 526 valence electrons. The largest absolute Gasteiger partial charge is 0.780 e. The Morgan fingerprint density at radius 3 is 1.05 bits per heavy atom. The van der Waals surface area contributed by atoms with Crippen molar-refractivity contribution in [3.05, 3.63) is 0 Å². The molecule has 6 saturated heterocycles. The van der Waals surface area contributed by atoms with Crippen molar-refractivity contribution in [2.45, 2.75) is 296 Å². The lowest BCUT2D eigenvalue weighted by atomic mass is 9.96. The Bertz CT molecular complexity index is 1980. The zero-order chi connectivity index (χ0) is 68.0. The van der Waals surface area contributed by atoms with Gasteiger partial charge in [0.15, 0.2) is 0 Å². The molecule has 0 aliphatic carbocycles. The molecule has 0 bridgehead atoms. The highest BCUT2D eigenvalue weighted by molar-refractivity contribution is 8.54. The van der Waals surface area contributed by atoms with Gasteiger partial charge in [-0.3, -0.25) is 22.6 Å². The van der Waals surface area contributed by atoms with Gasteiger partial charge in [0.25, 0.3) is 0 Å². The van der Waals surface area contributed by atoms with Crippen LogP contribution in [0, 0.1) is 0 Å². The van der Waals surface area contributed by atoms with Gasteiger partial charge in [0.1, 0.15) is 90.4 Å². The third-order valence-corrected chi connectivity index (χ3v) is 19.2. The van der Waals surface area contributed by atoms with Crippen LogP contribution in [0.25, 0.3) is 0 Å². The highest BCUT2D eigenvalue weighted by Crippen LogP contribution is 2.61. The minimum atomic E-state index is -3.77. The minimum absolute atomic E-state index is 0. The molecular weight excluding hydrogens is 1280 g/mol. The maximum Gasteiger partial charge on any atom is 0.473 e. The fourth-order valence-electron chi connectivity index (χ4n) is 9.00. The Morgan fingerprint density at radius 2 is 0.758 bits per heavy atom. The van der Waals surface area contributed by atoms with Gasteiger partial charge < -0.3 is 81.0 Å². The van der Waals surface area contributed by atoms with E-state index in [9.17, 15) is 19.1 Å². The van der Waals surface area contributed by atoms with Gasteiger partial charge in [-0.25, -0.2) is 9.13 Å². The third kappa shape index (κ3) is 38.9. The quantitative estimate of drug-likeness (QED) is 0.0550. The lowest BCUT2D eigenvalue weighted by Gasteiger charge is -2.33. The van der Waals surface area contributed by atoms with Crippen molar-refractivity contribution < 1.29 is 113 Å². The number of phosphoric acid groups is 1. The molecule has 2 N–H and O–H groups in total. The Kier molecular flexibility index (Phi) is 50.3. The summed E-state index contributed by atoms with van der Waals surface area (Å²) >= 11 is 6.08. The molecule has 24 nitrogen and oxygen atoms in total. The van der Waals surface area contributed by atoms with E-state index in [1.165, 1.54) is 21.3 Å². The first-order chi connectivity index (χ1) is 41.6. The Morgan fingerprint density at radius 1 is 0.473 bits per heavy atom. The fourth-order valence-corrected chi connectivity index (χ4v) is 13.1. The van der Waals surface area contributed by atoms with E-state index in [4.69, 9.17) is 139 Å². The SMILES string of the molecule is C.C.CC.COP(=O)(OC)OC.[B][C@H]1C[C@@H](O)[C@@H](COC(C)C)O1.[B][C@H]1C[C@@H](OC(C)C)[C@@H](CO)O1.[B][C@H]1C[C@@H](OC(C)C)[C@@H](COP(=O)(O[C@@H]2C[C@H]([B])O[C@@H]2COC(C)C)SC)O1.[B][C@H]1C[C@@H](OC(C)C)[C@@H](COP([O-])(=S)O[C@@H]2C[C@H]([B])O[C@@H]2COC(C)C)O1. The Balaban J connectivity index is 0. The van der Waals surface area contributed by atoms with Crippen LogP contribution in [0.2, 0.25) is 0 Å². The molecule has 35 heteroatoms. The molecule has 6 rings (SSSR count). The zero-order valence-corrected chi connectivity index (χ0v) is 60.2. The van der Waals surface area contributed by atoms with Crippen molar-refractivity contribution in [2.75, 3.05) is 67.2 Å². The van der Waals surface area contributed by atoms with E-state index in [0.29, 0.717) is 51.7 Å². The summed E-state index contributed by atoms with van der Waals surface area (Å²) in [6.07, 6.45) is 0.974. The molecule has 20 atom stereocenters. The van der Waals surface area contributed by atoms with Gasteiger partial charge in [0, 0.05) is 57.3 Å². The van der Waals surface area contributed by atoms with Crippen LogP contribution in [0.3, 0.4) is 0 Å². The first-order valence-corrected chi connectivity index (χ1v) is 37.9. The number of hydrogen-bond donors (Lipinski definition) is 2. The van der Waals surface area contributed by atoms with E-state index in [0.717, 1.165) is 11.4 Å². The molecule has 0 saturated carbocycles. The summed E-state index contributed by atoms with van der Waals surface area (Å²) in [5, 5.41) is 18.3. The van der Waals surface area contributed by atoms with Gasteiger partial charge >= 0.3 is 14.6 Å². The van der Waals surface area contributed by atoms with Crippen LogP contribution in [-0.2, 0) is 109 Å². The van der Waals surface area contributed by atoms with Gasteiger partial charge in [0.05, 0.1) is 113 Å². The number of ether oxygens (including phenoxy) is 12. The Hall–Kier alpha value is 0.970. The third-order valence-electron chi connectivity index (χ3n) is 12.9. The number of aliphatic hydroxyl groups is 2. The van der Waals surface area contributed by atoms with Crippen molar-refractivity contribution in [3.63, 3.8) is 0 Å². The molecule has 2 unspecified atom stereocenters. The number of hydrogen-bond acceptors (Lipinski definition) is 26. The molecular formula is C56H112B6O24P3S2-. The first kappa shape index (κ1) is 94.0. The van der Waals surface area contributed by atoms with Gasteiger partial charge in [-0.1, -0.05) is 40.5 Å². The Labute approximate surface area is 565 Å². The second-order valence-electron chi connectivity index (χ2n) is 22.7. The predicted molar refractivity (Wildman–Crippen MR) is 361 cm³/mol.